The Bertz CT molecular complexity index is 1120. The van der Waals surface area contributed by atoms with Gasteiger partial charge in [0, 0.05) is 12.2 Å². The van der Waals surface area contributed by atoms with E-state index in [4.69, 9.17) is 18.9 Å². The number of hydrogen-bond donors (Lipinski definition) is 0. The van der Waals surface area contributed by atoms with E-state index in [9.17, 15) is 4.79 Å². The number of benzene rings is 2. The molecule has 40 heavy (non-hydrogen) atoms. The van der Waals surface area contributed by atoms with E-state index in [1.54, 1.807) is 19.3 Å². The minimum Gasteiger partial charge on any atom is -0.490 e. The van der Waals surface area contributed by atoms with Gasteiger partial charge >= 0.3 is 5.97 Å². The van der Waals surface area contributed by atoms with Crippen molar-refractivity contribution >= 4 is 5.97 Å². The maximum Gasteiger partial charge on any atom is 0.335 e. The summed E-state index contributed by atoms with van der Waals surface area (Å²) >= 11 is 0. The molecule has 0 amide bonds. The molecule has 1 aromatic heterocycles. The van der Waals surface area contributed by atoms with Crippen LogP contribution in [0.3, 0.4) is 0 Å². The molecule has 2 aromatic carbocycles. The van der Waals surface area contributed by atoms with E-state index in [1.807, 2.05) is 43.3 Å². The highest BCUT2D eigenvalue weighted by Gasteiger charge is 2.18. The molecule has 3 aromatic rings. The topological polar surface area (TPSA) is 79.8 Å². The fourth-order valence-corrected chi connectivity index (χ4v) is 4.04. The van der Waals surface area contributed by atoms with Gasteiger partial charge in [0.25, 0.3) is 0 Å². The van der Waals surface area contributed by atoms with Crippen molar-refractivity contribution < 1.29 is 23.7 Å². The van der Waals surface area contributed by atoms with Crippen LogP contribution in [0.1, 0.15) is 72.6 Å². The summed E-state index contributed by atoms with van der Waals surface area (Å²) in [7, 11) is 0. The van der Waals surface area contributed by atoms with Crippen LogP contribution in [0, 0.1) is 0 Å². The molecule has 1 unspecified atom stereocenters. The number of carbonyl (C=O) groups is 1. The average Bonchev–Trinajstić information content (AvgIpc) is 2.99. The summed E-state index contributed by atoms with van der Waals surface area (Å²) in [5.74, 6) is 1.72. The van der Waals surface area contributed by atoms with Gasteiger partial charge in [-0.25, -0.2) is 14.8 Å². The van der Waals surface area contributed by atoms with E-state index in [1.165, 1.54) is 19.3 Å². The summed E-state index contributed by atoms with van der Waals surface area (Å²) in [6.07, 6.45) is 10.4. The number of ether oxygens (including phenoxy) is 4. The lowest BCUT2D eigenvalue weighted by molar-refractivity contribution is -0.162. The highest BCUT2D eigenvalue weighted by molar-refractivity contribution is 5.74. The van der Waals surface area contributed by atoms with Crippen LogP contribution in [0.15, 0.2) is 60.9 Å². The fourth-order valence-electron chi connectivity index (χ4n) is 4.04. The second kappa shape index (κ2) is 17.3. The number of esters is 1. The van der Waals surface area contributed by atoms with Crippen molar-refractivity contribution in [3.63, 3.8) is 0 Å². The number of rotatable bonds is 18. The van der Waals surface area contributed by atoms with Gasteiger partial charge in [-0.15, -0.1) is 0 Å². The molecule has 2 atom stereocenters. The summed E-state index contributed by atoms with van der Waals surface area (Å²) in [5, 5.41) is 0. The van der Waals surface area contributed by atoms with Crippen LogP contribution in [0.2, 0.25) is 0 Å². The van der Waals surface area contributed by atoms with Crippen molar-refractivity contribution in [2.45, 2.75) is 84.8 Å². The van der Waals surface area contributed by atoms with Gasteiger partial charge in [-0.05, 0) is 49.9 Å². The maximum atomic E-state index is 12.2. The first kappa shape index (κ1) is 31.1. The van der Waals surface area contributed by atoms with Crippen molar-refractivity contribution in [3.05, 3.63) is 60.9 Å². The second-order valence-corrected chi connectivity index (χ2v) is 10.0. The maximum absolute atomic E-state index is 12.2. The Labute approximate surface area is 239 Å². The number of carbonyl (C=O) groups excluding carboxylic acids is 1. The van der Waals surface area contributed by atoms with E-state index in [0.29, 0.717) is 30.5 Å². The molecule has 0 saturated heterocycles. The monoisotopic (exact) mass is 548 g/mol. The lowest BCUT2D eigenvalue weighted by Gasteiger charge is -2.18. The number of nitrogens with zero attached hydrogens (tertiary/aromatic N) is 2. The molecule has 0 aliphatic rings. The van der Waals surface area contributed by atoms with Crippen molar-refractivity contribution in [1.82, 2.24) is 9.97 Å². The Hall–Kier alpha value is -3.45. The number of unbranched alkanes of at least 4 members (excludes halogenated alkanes) is 5. The van der Waals surface area contributed by atoms with Crippen LogP contribution in [0.25, 0.3) is 22.5 Å². The Kier molecular flexibility index (Phi) is 13.4. The summed E-state index contributed by atoms with van der Waals surface area (Å²) in [6, 6.07) is 16.0. The summed E-state index contributed by atoms with van der Waals surface area (Å²) < 4.78 is 22.6. The molecular weight excluding hydrogens is 504 g/mol. The zero-order valence-corrected chi connectivity index (χ0v) is 24.4. The molecule has 0 fully saturated rings. The highest BCUT2D eigenvalue weighted by atomic mass is 16.6. The average molecular weight is 549 g/mol. The van der Waals surface area contributed by atoms with Crippen LogP contribution in [0.4, 0.5) is 0 Å². The second-order valence-electron chi connectivity index (χ2n) is 10.0. The van der Waals surface area contributed by atoms with Gasteiger partial charge in [-0.3, -0.25) is 0 Å². The third-order valence-corrected chi connectivity index (χ3v) is 6.48. The van der Waals surface area contributed by atoms with Gasteiger partial charge < -0.3 is 18.9 Å². The van der Waals surface area contributed by atoms with Gasteiger partial charge in [-0.1, -0.05) is 82.3 Å². The molecule has 0 aliphatic carbocycles. The van der Waals surface area contributed by atoms with Crippen LogP contribution in [-0.4, -0.2) is 48.0 Å². The van der Waals surface area contributed by atoms with Crippen LogP contribution >= 0.6 is 0 Å². The van der Waals surface area contributed by atoms with Crippen LogP contribution in [-0.2, 0) is 14.3 Å². The van der Waals surface area contributed by atoms with Gasteiger partial charge in [0.2, 0.25) is 0 Å². The fraction of sp³-hybridized carbons (Fsp3) is 0.485. The van der Waals surface area contributed by atoms with Gasteiger partial charge in [0.05, 0.1) is 19.0 Å². The predicted octanol–water partition coefficient (Wildman–Crippen LogP) is 7.68. The molecule has 7 nitrogen and oxygen atoms in total. The van der Waals surface area contributed by atoms with Crippen molar-refractivity contribution in [1.29, 1.82) is 0 Å². The van der Waals surface area contributed by atoms with Crippen molar-refractivity contribution in [2.24, 2.45) is 0 Å². The molecule has 0 spiro atoms. The summed E-state index contributed by atoms with van der Waals surface area (Å²) in [4.78, 5) is 21.1. The summed E-state index contributed by atoms with van der Waals surface area (Å²) in [6.45, 7) is 9.41. The smallest absolute Gasteiger partial charge is 0.335 e. The zero-order chi connectivity index (χ0) is 28.6. The summed E-state index contributed by atoms with van der Waals surface area (Å²) in [5.41, 5.74) is 3.10. The molecule has 0 bridgehead atoms. The third-order valence-electron chi connectivity index (χ3n) is 6.48. The molecular formula is C33H44N2O5. The minimum atomic E-state index is -0.574. The first-order chi connectivity index (χ1) is 19.5. The molecule has 3 rings (SSSR count). The molecule has 7 heteroatoms. The SMILES string of the molecule is CCCCCCOc1cnc(-c2ccc(-c3ccc(OC[C@@H](C)OC(=O)C(C)OCCCCC)cc3)cc2)nc1. The van der Waals surface area contributed by atoms with Gasteiger partial charge in [-0.2, -0.15) is 0 Å². The van der Waals surface area contributed by atoms with Crippen molar-refractivity contribution in [3.8, 4) is 34.0 Å². The lowest BCUT2D eigenvalue weighted by atomic mass is 10.0. The Morgan fingerprint density at radius 3 is 1.93 bits per heavy atom. The Balaban J connectivity index is 1.44. The largest absolute Gasteiger partial charge is 0.490 e. The zero-order valence-electron chi connectivity index (χ0n) is 24.4. The minimum absolute atomic E-state index is 0.269. The molecule has 0 N–H and O–H groups in total. The van der Waals surface area contributed by atoms with Crippen LogP contribution in [0.5, 0.6) is 11.5 Å². The van der Waals surface area contributed by atoms with Gasteiger partial charge in [0.15, 0.2) is 17.7 Å². The quantitative estimate of drug-likeness (QED) is 0.119. The van der Waals surface area contributed by atoms with Crippen molar-refractivity contribution in [2.75, 3.05) is 19.8 Å². The Morgan fingerprint density at radius 2 is 1.27 bits per heavy atom. The molecule has 0 aliphatic heterocycles. The third kappa shape index (κ3) is 10.6. The van der Waals surface area contributed by atoms with E-state index < -0.39 is 6.10 Å². The van der Waals surface area contributed by atoms with Gasteiger partial charge in [0.1, 0.15) is 18.5 Å². The van der Waals surface area contributed by atoms with E-state index in [0.717, 1.165) is 42.4 Å². The molecule has 216 valence electrons. The standard InChI is InChI=1S/C33H44N2O5/c1-5-7-9-11-21-38-31-22-34-32(35-23-31)29-14-12-27(13-15-29)28-16-18-30(19-17-28)39-24-25(3)40-33(36)26(4)37-20-10-8-6-2/h12-19,22-23,25-26H,5-11,20-21,24H2,1-4H3/t25-,26?/m1/s1. The first-order valence-corrected chi connectivity index (χ1v) is 14.6. The highest BCUT2D eigenvalue weighted by Crippen LogP contribution is 2.25. The van der Waals surface area contributed by atoms with E-state index in [-0.39, 0.29) is 18.7 Å². The normalized spacial score (nSPS) is 12.5. The first-order valence-electron chi connectivity index (χ1n) is 14.6. The van der Waals surface area contributed by atoms with E-state index >= 15 is 0 Å². The lowest BCUT2D eigenvalue weighted by Crippen LogP contribution is -2.30. The molecule has 1 heterocycles. The number of aromatic nitrogens is 2. The van der Waals surface area contributed by atoms with Crippen LogP contribution < -0.4 is 9.47 Å². The molecule has 0 saturated carbocycles. The predicted molar refractivity (Wildman–Crippen MR) is 159 cm³/mol. The Morgan fingerprint density at radius 1 is 0.700 bits per heavy atom. The number of hydrogen-bond acceptors (Lipinski definition) is 7. The van der Waals surface area contributed by atoms with E-state index in [2.05, 4.69) is 35.9 Å². The molecule has 0 radical (unpaired) electrons.